The lowest BCUT2D eigenvalue weighted by atomic mass is 10.2. The highest BCUT2D eigenvalue weighted by molar-refractivity contribution is 6.33. The van der Waals surface area contributed by atoms with Crippen LogP contribution >= 0.6 is 11.6 Å². The Labute approximate surface area is 162 Å². The Balaban J connectivity index is 1.90. The number of anilines is 3. The standard InChI is InChI=1S/C19H20ClN3O4/c1-12(24)22-15-5-3-4-14(11-15)21-9-8-18(25)23-17-10-13(19(26)27-2)6-7-16(17)20/h3-7,10-11,21H,8-9H2,1-2H3,(H,22,24)(H,23,25). The van der Waals surface area contributed by atoms with Crippen LogP contribution in [0.1, 0.15) is 23.7 Å². The molecular weight excluding hydrogens is 370 g/mol. The van der Waals surface area contributed by atoms with Gasteiger partial charge in [0.2, 0.25) is 11.8 Å². The van der Waals surface area contributed by atoms with Crippen molar-refractivity contribution in [2.45, 2.75) is 13.3 Å². The molecule has 0 atom stereocenters. The summed E-state index contributed by atoms with van der Waals surface area (Å²) in [5.74, 6) is -0.926. The van der Waals surface area contributed by atoms with Crippen molar-refractivity contribution < 1.29 is 19.1 Å². The van der Waals surface area contributed by atoms with Crippen molar-refractivity contribution >= 4 is 46.4 Å². The summed E-state index contributed by atoms with van der Waals surface area (Å²) in [6, 6.07) is 11.7. The number of hydrogen-bond donors (Lipinski definition) is 3. The third-order valence-corrected chi connectivity index (χ3v) is 3.86. The molecule has 2 rings (SSSR count). The zero-order chi connectivity index (χ0) is 19.8. The molecule has 0 aliphatic rings. The molecule has 0 saturated carbocycles. The summed E-state index contributed by atoms with van der Waals surface area (Å²) in [5, 5.41) is 8.80. The van der Waals surface area contributed by atoms with Gasteiger partial charge in [-0.2, -0.15) is 0 Å². The maximum absolute atomic E-state index is 12.1. The fourth-order valence-electron chi connectivity index (χ4n) is 2.31. The molecular formula is C19H20ClN3O4. The third kappa shape index (κ3) is 6.31. The Morgan fingerprint density at radius 3 is 2.48 bits per heavy atom. The van der Waals surface area contributed by atoms with Gasteiger partial charge in [-0.15, -0.1) is 0 Å². The lowest BCUT2D eigenvalue weighted by Gasteiger charge is -2.11. The Morgan fingerprint density at radius 2 is 1.78 bits per heavy atom. The average Bonchev–Trinajstić information content (AvgIpc) is 2.62. The minimum absolute atomic E-state index is 0.155. The zero-order valence-electron chi connectivity index (χ0n) is 15.0. The average molecular weight is 390 g/mol. The summed E-state index contributed by atoms with van der Waals surface area (Å²) in [7, 11) is 1.28. The number of methoxy groups -OCH3 is 1. The highest BCUT2D eigenvalue weighted by atomic mass is 35.5. The summed E-state index contributed by atoms with van der Waals surface area (Å²) in [5.41, 5.74) is 2.09. The molecule has 0 aliphatic heterocycles. The number of nitrogens with one attached hydrogen (secondary N) is 3. The summed E-state index contributed by atoms with van der Waals surface area (Å²) >= 11 is 6.06. The fourth-order valence-corrected chi connectivity index (χ4v) is 2.47. The van der Waals surface area contributed by atoms with Crippen molar-refractivity contribution in [2.24, 2.45) is 0 Å². The van der Waals surface area contributed by atoms with Crippen molar-refractivity contribution in [1.29, 1.82) is 0 Å². The molecule has 0 aromatic heterocycles. The summed E-state index contributed by atoms with van der Waals surface area (Å²) in [4.78, 5) is 34.8. The molecule has 27 heavy (non-hydrogen) atoms. The first-order valence-electron chi connectivity index (χ1n) is 8.18. The Kier molecular flexibility index (Phi) is 7.19. The molecule has 0 radical (unpaired) electrons. The molecule has 0 aliphatic carbocycles. The summed E-state index contributed by atoms with van der Waals surface area (Å²) < 4.78 is 4.65. The van der Waals surface area contributed by atoms with Crippen LogP contribution in [0.25, 0.3) is 0 Å². The minimum Gasteiger partial charge on any atom is -0.465 e. The molecule has 0 fully saturated rings. The van der Waals surface area contributed by atoms with Gasteiger partial charge in [0.1, 0.15) is 0 Å². The predicted molar refractivity (Wildman–Crippen MR) is 105 cm³/mol. The second-order valence-electron chi connectivity index (χ2n) is 5.67. The first-order chi connectivity index (χ1) is 12.9. The van der Waals surface area contributed by atoms with Crippen LogP contribution in [-0.2, 0) is 14.3 Å². The molecule has 0 spiro atoms. The van der Waals surface area contributed by atoms with Crippen LogP contribution in [0.15, 0.2) is 42.5 Å². The molecule has 3 N–H and O–H groups in total. The van der Waals surface area contributed by atoms with Crippen LogP contribution < -0.4 is 16.0 Å². The lowest BCUT2D eigenvalue weighted by molar-refractivity contribution is -0.116. The molecule has 0 heterocycles. The van der Waals surface area contributed by atoms with Gasteiger partial charge >= 0.3 is 5.97 Å². The van der Waals surface area contributed by atoms with E-state index in [1.807, 2.05) is 6.07 Å². The van der Waals surface area contributed by atoms with Gasteiger partial charge in [0, 0.05) is 31.3 Å². The zero-order valence-corrected chi connectivity index (χ0v) is 15.7. The Morgan fingerprint density at radius 1 is 1.04 bits per heavy atom. The van der Waals surface area contributed by atoms with Crippen molar-refractivity contribution in [1.82, 2.24) is 0 Å². The van der Waals surface area contributed by atoms with E-state index in [1.54, 1.807) is 18.2 Å². The number of ether oxygens (including phenoxy) is 1. The number of rotatable bonds is 7. The van der Waals surface area contributed by atoms with Gasteiger partial charge in [-0.25, -0.2) is 4.79 Å². The van der Waals surface area contributed by atoms with Crippen LogP contribution in [0, 0.1) is 0 Å². The SMILES string of the molecule is COC(=O)c1ccc(Cl)c(NC(=O)CCNc2cccc(NC(C)=O)c2)c1. The first-order valence-corrected chi connectivity index (χ1v) is 8.56. The summed E-state index contributed by atoms with van der Waals surface area (Å²) in [6.07, 6.45) is 0.184. The van der Waals surface area contributed by atoms with Crippen molar-refractivity contribution in [3.8, 4) is 0 Å². The van der Waals surface area contributed by atoms with E-state index in [0.29, 0.717) is 28.5 Å². The molecule has 142 valence electrons. The van der Waals surface area contributed by atoms with Gasteiger partial charge in [0.05, 0.1) is 23.4 Å². The quantitative estimate of drug-likeness (QED) is 0.629. The number of hydrogen-bond acceptors (Lipinski definition) is 5. The van der Waals surface area contributed by atoms with E-state index in [2.05, 4.69) is 20.7 Å². The third-order valence-electron chi connectivity index (χ3n) is 3.53. The number of benzene rings is 2. The molecule has 8 heteroatoms. The Bertz CT molecular complexity index is 855. The van der Waals surface area contributed by atoms with Gasteiger partial charge in [0.15, 0.2) is 0 Å². The lowest BCUT2D eigenvalue weighted by Crippen LogP contribution is -2.17. The molecule has 2 aromatic carbocycles. The van der Waals surface area contributed by atoms with E-state index in [4.69, 9.17) is 11.6 Å². The van der Waals surface area contributed by atoms with E-state index < -0.39 is 5.97 Å². The van der Waals surface area contributed by atoms with Crippen molar-refractivity contribution in [2.75, 3.05) is 29.6 Å². The van der Waals surface area contributed by atoms with Gasteiger partial charge in [-0.3, -0.25) is 9.59 Å². The second-order valence-corrected chi connectivity index (χ2v) is 6.08. The van der Waals surface area contributed by atoms with Crippen LogP contribution in [0.5, 0.6) is 0 Å². The maximum Gasteiger partial charge on any atom is 0.337 e. The van der Waals surface area contributed by atoms with Crippen LogP contribution in [0.3, 0.4) is 0 Å². The predicted octanol–water partition coefficient (Wildman–Crippen LogP) is 3.53. The van der Waals surface area contributed by atoms with Crippen molar-refractivity contribution in [3.05, 3.63) is 53.1 Å². The maximum atomic E-state index is 12.1. The van der Waals surface area contributed by atoms with Crippen LogP contribution in [-0.4, -0.2) is 31.4 Å². The van der Waals surface area contributed by atoms with E-state index in [9.17, 15) is 14.4 Å². The molecule has 0 saturated heterocycles. The number of esters is 1. The van der Waals surface area contributed by atoms with E-state index in [1.165, 1.54) is 32.2 Å². The number of amides is 2. The molecule has 7 nitrogen and oxygen atoms in total. The highest BCUT2D eigenvalue weighted by Crippen LogP contribution is 2.23. The van der Waals surface area contributed by atoms with E-state index in [-0.39, 0.29) is 18.2 Å². The highest BCUT2D eigenvalue weighted by Gasteiger charge is 2.11. The topological polar surface area (TPSA) is 96.5 Å². The van der Waals surface area contributed by atoms with Gasteiger partial charge in [-0.05, 0) is 36.4 Å². The second kappa shape index (κ2) is 9.59. The molecule has 0 unspecified atom stereocenters. The Hall–Kier alpha value is -3.06. The smallest absolute Gasteiger partial charge is 0.337 e. The van der Waals surface area contributed by atoms with Gasteiger partial charge in [0.25, 0.3) is 0 Å². The summed E-state index contributed by atoms with van der Waals surface area (Å²) in [6.45, 7) is 1.81. The van der Waals surface area contributed by atoms with E-state index in [0.717, 1.165) is 5.69 Å². The first kappa shape index (κ1) is 20.3. The fraction of sp³-hybridized carbons (Fsp3) is 0.211. The van der Waals surface area contributed by atoms with Gasteiger partial charge in [-0.1, -0.05) is 17.7 Å². The van der Waals surface area contributed by atoms with Crippen LogP contribution in [0.2, 0.25) is 5.02 Å². The molecule has 0 bridgehead atoms. The minimum atomic E-state index is -0.511. The molecule has 2 amide bonds. The molecule has 2 aromatic rings. The number of carbonyl (C=O) groups excluding carboxylic acids is 3. The number of halogens is 1. The normalized spacial score (nSPS) is 10.0. The van der Waals surface area contributed by atoms with Crippen LogP contribution in [0.4, 0.5) is 17.1 Å². The monoisotopic (exact) mass is 389 g/mol. The largest absolute Gasteiger partial charge is 0.465 e. The van der Waals surface area contributed by atoms with Crippen molar-refractivity contribution in [3.63, 3.8) is 0 Å². The van der Waals surface area contributed by atoms with Gasteiger partial charge < -0.3 is 20.7 Å². The number of carbonyl (C=O) groups is 3. The van der Waals surface area contributed by atoms with E-state index >= 15 is 0 Å².